The summed E-state index contributed by atoms with van der Waals surface area (Å²) < 4.78 is 22.6. The second-order valence-electron chi connectivity index (χ2n) is 2.14. The molecule has 0 rings (SSSR count). The molecule has 0 heterocycles. The molecule has 0 bridgehead atoms. The number of rotatable bonds is 2. The smallest absolute Gasteiger partial charge is 0.378 e. The maximum absolute atomic E-state index is 9.64. The van der Waals surface area contributed by atoms with Crippen molar-refractivity contribution in [2.24, 2.45) is 0 Å². The van der Waals surface area contributed by atoms with E-state index in [1.54, 1.807) is 37.3 Å². The predicted octanol–water partition coefficient (Wildman–Crippen LogP) is -1.51. The molecule has 0 aliphatic carbocycles. The van der Waals surface area contributed by atoms with Crippen LogP contribution in [0.25, 0.3) is 0 Å². The molecule has 0 aromatic carbocycles. The Morgan fingerprint density at radius 2 is 0.909 bits per heavy atom. The molecule has 64 valence electrons. The average Bonchev–Trinajstić information content (AvgIpc) is 1.89. The quantitative estimate of drug-likeness (QED) is 0.537. The van der Waals surface area contributed by atoms with Gasteiger partial charge in [0.2, 0.25) is 0 Å². The molecule has 0 saturated carbocycles. The molecular formula is C4H14N2O2Si2Ti. The maximum Gasteiger partial charge on any atom is 0.378 e. The van der Waals surface area contributed by atoms with Gasteiger partial charge in [-0.15, -0.1) is 0 Å². The summed E-state index contributed by atoms with van der Waals surface area (Å²) in [5, 5.41) is 0. The second-order valence-corrected chi connectivity index (χ2v) is 4.63. The van der Waals surface area contributed by atoms with Gasteiger partial charge in [0.15, 0.2) is 0 Å². The normalized spacial score (nSPS) is 6.18. The van der Waals surface area contributed by atoms with Gasteiger partial charge in [-0.2, -0.15) is 0 Å². The maximum atomic E-state index is 9.64. The molecule has 7 heteroatoms. The van der Waals surface area contributed by atoms with Gasteiger partial charge in [0.05, 0.1) is 0 Å². The van der Waals surface area contributed by atoms with Gasteiger partial charge in [-0.1, -0.05) is 0 Å². The van der Waals surface area contributed by atoms with Crippen molar-refractivity contribution in [3.8, 4) is 0 Å². The van der Waals surface area contributed by atoms with Crippen molar-refractivity contribution in [3.05, 3.63) is 0 Å². The van der Waals surface area contributed by atoms with Crippen LogP contribution in [0, 0.1) is 0 Å². The predicted molar refractivity (Wildman–Crippen MR) is 43.0 cm³/mol. The summed E-state index contributed by atoms with van der Waals surface area (Å²) in [5.74, 6) is 0. The Balaban J connectivity index is -0.000000107. The van der Waals surface area contributed by atoms with Crippen LogP contribution in [0.5, 0.6) is 0 Å². The van der Waals surface area contributed by atoms with E-state index in [1.165, 1.54) is 0 Å². The third kappa shape index (κ3) is 38.1. The van der Waals surface area contributed by atoms with Crippen molar-refractivity contribution >= 4 is 19.1 Å². The van der Waals surface area contributed by atoms with Crippen LogP contribution in [0.4, 0.5) is 0 Å². The number of hydrogen-bond donors (Lipinski definition) is 0. The minimum atomic E-state index is -0.685. The van der Waals surface area contributed by atoms with Crippen molar-refractivity contribution in [3.63, 3.8) is 0 Å². The van der Waals surface area contributed by atoms with E-state index in [9.17, 15) is 8.92 Å². The summed E-state index contributed by atoms with van der Waals surface area (Å²) in [6.07, 6.45) is 0. The standard InChI is InChI=1S/2C2H7NOSi.Ti/c2*1-3(2)5-4;/h2*5H,1-2H3;. The van der Waals surface area contributed by atoms with E-state index < -0.39 is 19.1 Å². The molecule has 11 heavy (non-hydrogen) atoms. The van der Waals surface area contributed by atoms with E-state index in [4.69, 9.17) is 0 Å². The first-order valence-electron chi connectivity index (χ1n) is 2.78. The van der Waals surface area contributed by atoms with Crippen LogP contribution in [0.1, 0.15) is 0 Å². The Labute approximate surface area is 87.1 Å². The Hall–Kier alpha value is 0.348. The first-order chi connectivity index (χ1) is 4.54. The van der Waals surface area contributed by atoms with Gasteiger partial charge in [-0.25, -0.2) is 0 Å². The molecule has 0 unspecified atom stereocenters. The first kappa shape index (κ1) is 17.4. The Bertz CT molecular complexity index is 90.1. The zero-order chi connectivity index (χ0) is 8.57. The van der Waals surface area contributed by atoms with Crippen LogP contribution in [0.15, 0.2) is 0 Å². The van der Waals surface area contributed by atoms with E-state index in [0.717, 1.165) is 0 Å². The fraction of sp³-hybridized carbons (Fsp3) is 1.00. The van der Waals surface area contributed by atoms with Crippen molar-refractivity contribution in [1.82, 2.24) is 9.13 Å². The molecule has 0 saturated heterocycles. The third-order valence-electron chi connectivity index (χ3n) is 0.422. The van der Waals surface area contributed by atoms with Crippen LogP contribution in [0.2, 0.25) is 0 Å². The van der Waals surface area contributed by atoms with E-state index in [-0.39, 0.29) is 21.7 Å². The van der Waals surface area contributed by atoms with Gasteiger partial charge >= 0.3 is 19.1 Å². The number of hydrogen-bond acceptors (Lipinski definition) is 2. The van der Waals surface area contributed by atoms with Crippen LogP contribution in [-0.2, 0) is 30.6 Å². The van der Waals surface area contributed by atoms with Gasteiger partial charge in [0, 0.05) is 21.7 Å². The fourth-order valence-corrected chi connectivity index (χ4v) is 0. The van der Waals surface area contributed by atoms with E-state index in [1.807, 2.05) is 0 Å². The van der Waals surface area contributed by atoms with Gasteiger partial charge in [-0.05, 0) is 28.2 Å². The molecule has 0 amide bonds. The Morgan fingerprint density at radius 1 is 0.818 bits per heavy atom. The van der Waals surface area contributed by atoms with Gasteiger partial charge < -0.3 is 18.1 Å². The zero-order valence-corrected chi connectivity index (χ0v) is 11.2. The summed E-state index contributed by atoms with van der Waals surface area (Å²) in [7, 11) is 5.75. The molecule has 0 aromatic rings. The molecule has 4 nitrogen and oxygen atoms in total. The second kappa shape index (κ2) is 13.0. The topological polar surface area (TPSA) is 40.6 Å². The van der Waals surface area contributed by atoms with E-state index in [0.29, 0.717) is 0 Å². The molecule has 0 aliphatic rings. The fourth-order valence-electron chi connectivity index (χ4n) is 0. The summed E-state index contributed by atoms with van der Waals surface area (Å²) >= 11 is 0. The molecular weight excluding hydrogens is 212 g/mol. The molecule has 0 fully saturated rings. The van der Waals surface area contributed by atoms with Gasteiger partial charge in [0.25, 0.3) is 0 Å². The van der Waals surface area contributed by atoms with Gasteiger partial charge in [0.1, 0.15) is 0 Å². The molecule has 0 N–H and O–H groups in total. The monoisotopic (exact) mass is 226 g/mol. The van der Waals surface area contributed by atoms with Crippen molar-refractivity contribution < 1.29 is 30.6 Å². The molecule has 0 spiro atoms. The molecule has 0 atom stereocenters. The average molecular weight is 226 g/mol. The van der Waals surface area contributed by atoms with Crippen molar-refractivity contribution in [2.75, 3.05) is 28.2 Å². The summed E-state index contributed by atoms with van der Waals surface area (Å²) in [5.41, 5.74) is 0. The van der Waals surface area contributed by atoms with E-state index >= 15 is 0 Å². The van der Waals surface area contributed by atoms with Crippen molar-refractivity contribution in [2.45, 2.75) is 0 Å². The summed E-state index contributed by atoms with van der Waals surface area (Å²) in [6.45, 7) is 0. The van der Waals surface area contributed by atoms with Crippen LogP contribution < -0.4 is 0 Å². The first-order valence-corrected chi connectivity index (χ1v) is 4.75. The molecule has 0 aliphatic heterocycles. The molecule has 0 aromatic heterocycles. The number of nitrogens with zero attached hydrogens (tertiary/aromatic N) is 2. The minimum absolute atomic E-state index is 0. The van der Waals surface area contributed by atoms with Crippen LogP contribution in [-0.4, -0.2) is 56.5 Å². The Kier molecular flexibility index (Phi) is 20.6. The Morgan fingerprint density at radius 3 is 0.909 bits per heavy atom. The molecule has 0 radical (unpaired) electrons. The van der Waals surface area contributed by atoms with Crippen LogP contribution >= 0.6 is 0 Å². The van der Waals surface area contributed by atoms with Crippen LogP contribution in [0.3, 0.4) is 0 Å². The minimum Gasteiger partial charge on any atom is -0.385 e. The summed E-state index contributed by atoms with van der Waals surface area (Å²) in [4.78, 5) is 0. The zero-order valence-electron chi connectivity index (χ0n) is 7.37. The van der Waals surface area contributed by atoms with Gasteiger partial charge in [-0.3, -0.25) is 0 Å². The van der Waals surface area contributed by atoms with Crippen molar-refractivity contribution in [1.29, 1.82) is 0 Å². The largest absolute Gasteiger partial charge is 0.385 e. The third-order valence-corrected chi connectivity index (χ3v) is 1.26. The van der Waals surface area contributed by atoms with E-state index in [2.05, 4.69) is 0 Å². The summed E-state index contributed by atoms with van der Waals surface area (Å²) in [6, 6.07) is 0. The SMILES string of the molecule is CN(C)[SiH]=O.CN(C)[SiH]=O.[Ti].